The molecule has 0 aliphatic heterocycles. The molecule has 0 fully saturated rings. The Balaban J connectivity index is 1.70. The number of benzene rings is 2. The number of carboxylic acids is 1. The molecule has 1 heterocycles. The number of fused-ring (bicyclic) bond motifs is 1. The molecule has 31 heavy (non-hydrogen) atoms. The minimum Gasteiger partial charge on any atom is -0.506 e. The molecule has 162 valence electrons. The van der Waals surface area contributed by atoms with E-state index in [2.05, 4.69) is 5.32 Å². The van der Waals surface area contributed by atoms with Crippen LogP contribution in [-0.2, 0) is 21.8 Å². The van der Waals surface area contributed by atoms with E-state index in [1.54, 1.807) is 6.92 Å². The maximum atomic E-state index is 12.5. The van der Waals surface area contributed by atoms with Crippen LogP contribution in [0.5, 0.6) is 5.75 Å². The number of halogens is 1. The van der Waals surface area contributed by atoms with Gasteiger partial charge in [-0.3, -0.25) is 4.79 Å². The van der Waals surface area contributed by atoms with Crippen LogP contribution in [-0.4, -0.2) is 33.9 Å². The Kier molecular flexibility index (Phi) is 7.25. The molecule has 0 aliphatic carbocycles. The maximum absolute atomic E-state index is 12.5. The third-order valence-electron chi connectivity index (χ3n) is 4.72. The minimum atomic E-state index is -1.15. The second-order valence-corrected chi connectivity index (χ2v) is 8.37. The fourth-order valence-electron chi connectivity index (χ4n) is 3.05. The summed E-state index contributed by atoms with van der Waals surface area (Å²) >= 11 is 7.33. The van der Waals surface area contributed by atoms with E-state index in [0.717, 1.165) is 5.56 Å². The molecular weight excluding hydrogens is 442 g/mol. The Hall–Kier alpha value is -2.97. The molecule has 9 heteroatoms. The number of carboxylic acid groups (broad SMARTS) is 1. The van der Waals surface area contributed by atoms with Gasteiger partial charge in [0.2, 0.25) is 5.91 Å². The fraction of sp³-hybridized carbons (Fsp3) is 0.227. The molecule has 3 rings (SSSR count). The van der Waals surface area contributed by atoms with E-state index in [1.807, 2.05) is 30.3 Å². The Bertz CT molecular complexity index is 1180. The third kappa shape index (κ3) is 5.59. The van der Waals surface area contributed by atoms with Crippen molar-refractivity contribution in [1.29, 1.82) is 0 Å². The first kappa shape index (κ1) is 22.7. The zero-order valence-corrected chi connectivity index (χ0v) is 18.1. The molecule has 0 radical (unpaired) electrons. The fourth-order valence-corrected chi connectivity index (χ4v) is 4.22. The normalized spacial score (nSPS) is 11.9. The Morgan fingerprint density at radius 2 is 1.94 bits per heavy atom. The number of carbonyl (C=O) groups is 2. The highest BCUT2D eigenvalue weighted by molar-refractivity contribution is 7.98. The standard InChI is InChI=1S/C22H20ClNO6S/c1-12-14-7-16(23)18(25)9-19(14)30-22(29)15(12)8-20(26)24-17(21(27)28)11-31-10-13-5-3-2-4-6-13/h2-7,9,17,25H,8,10-11H2,1H3,(H,24,26)(H,27,28)/t17-/m0/s1. The predicted octanol–water partition coefficient (Wildman–Crippen LogP) is 3.51. The van der Waals surface area contributed by atoms with Gasteiger partial charge in [-0.2, -0.15) is 11.8 Å². The van der Waals surface area contributed by atoms with E-state index in [4.69, 9.17) is 16.0 Å². The van der Waals surface area contributed by atoms with Crippen LogP contribution in [0.4, 0.5) is 0 Å². The molecule has 3 aromatic rings. The van der Waals surface area contributed by atoms with Gasteiger partial charge in [0.1, 0.15) is 17.4 Å². The number of phenols is 1. The number of aliphatic carboxylic acids is 1. The van der Waals surface area contributed by atoms with Crippen molar-refractivity contribution < 1.29 is 24.2 Å². The van der Waals surface area contributed by atoms with Crippen molar-refractivity contribution in [2.24, 2.45) is 0 Å². The summed E-state index contributed by atoms with van der Waals surface area (Å²) in [5, 5.41) is 22.2. The number of rotatable bonds is 8. The van der Waals surface area contributed by atoms with Gasteiger partial charge >= 0.3 is 11.6 Å². The lowest BCUT2D eigenvalue weighted by Crippen LogP contribution is -2.43. The maximum Gasteiger partial charge on any atom is 0.340 e. The van der Waals surface area contributed by atoms with Crippen molar-refractivity contribution in [2.75, 3.05) is 5.75 Å². The topological polar surface area (TPSA) is 117 Å². The molecule has 0 unspecified atom stereocenters. The van der Waals surface area contributed by atoms with Gasteiger partial charge in [0, 0.05) is 23.0 Å². The summed E-state index contributed by atoms with van der Waals surface area (Å²) in [7, 11) is 0. The highest BCUT2D eigenvalue weighted by Gasteiger charge is 2.22. The number of hydrogen-bond acceptors (Lipinski definition) is 6. The van der Waals surface area contributed by atoms with Crippen LogP contribution in [0, 0.1) is 6.92 Å². The number of thioether (sulfide) groups is 1. The molecule has 7 nitrogen and oxygen atoms in total. The molecule has 1 aromatic heterocycles. The molecule has 0 bridgehead atoms. The van der Waals surface area contributed by atoms with Crippen LogP contribution in [0.25, 0.3) is 11.0 Å². The Morgan fingerprint density at radius 3 is 2.61 bits per heavy atom. The van der Waals surface area contributed by atoms with Crippen LogP contribution in [0.1, 0.15) is 16.7 Å². The summed E-state index contributed by atoms with van der Waals surface area (Å²) in [6.45, 7) is 1.64. The van der Waals surface area contributed by atoms with E-state index < -0.39 is 23.5 Å². The first-order valence-electron chi connectivity index (χ1n) is 9.35. The smallest absolute Gasteiger partial charge is 0.340 e. The van der Waals surface area contributed by atoms with Crippen molar-refractivity contribution in [3.8, 4) is 5.75 Å². The average Bonchev–Trinajstić information content (AvgIpc) is 2.73. The van der Waals surface area contributed by atoms with Gasteiger partial charge in [-0.25, -0.2) is 9.59 Å². The number of amides is 1. The number of carbonyl (C=O) groups excluding carboxylic acids is 1. The van der Waals surface area contributed by atoms with Crippen molar-refractivity contribution >= 4 is 46.2 Å². The molecular formula is C22H20ClNO6S. The number of hydrogen-bond donors (Lipinski definition) is 3. The first-order valence-corrected chi connectivity index (χ1v) is 10.9. The van der Waals surface area contributed by atoms with Crippen molar-refractivity contribution in [3.05, 3.63) is 74.6 Å². The number of nitrogens with one attached hydrogen (secondary N) is 1. The quantitative estimate of drug-likeness (QED) is 0.439. The highest BCUT2D eigenvalue weighted by Crippen LogP contribution is 2.30. The monoisotopic (exact) mass is 461 g/mol. The van der Waals surface area contributed by atoms with E-state index in [0.29, 0.717) is 16.7 Å². The molecule has 1 amide bonds. The number of aryl methyl sites for hydroxylation is 1. The van der Waals surface area contributed by atoms with Gasteiger partial charge in [0.15, 0.2) is 0 Å². The van der Waals surface area contributed by atoms with E-state index in [9.17, 15) is 24.6 Å². The molecule has 0 spiro atoms. The summed E-state index contributed by atoms with van der Waals surface area (Å²) in [6.07, 6.45) is -0.338. The molecule has 0 aliphatic rings. The lowest BCUT2D eigenvalue weighted by molar-refractivity contribution is -0.141. The predicted molar refractivity (Wildman–Crippen MR) is 120 cm³/mol. The van der Waals surface area contributed by atoms with Gasteiger partial charge in [-0.1, -0.05) is 41.9 Å². The Labute approximate surface area is 187 Å². The zero-order chi connectivity index (χ0) is 22.5. The van der Waals surface area contributed by atoms with Crippen molar-refractivity contribution in [2.45, 2.75) is 25.1 Å². The van der Waals surface area contributed by atoms with E-state index >= 15 is 0 Å². The van der Waals surface area contributed by atoms with Crippen LogP contribution < -0.4 is 10.9 Å². The lowest BCUT2D eigenvalue weighted by Gasteiger charge is -2.15. The van der Waals surface area contributed by atoms with Crippen LogP contribution in [0.2, 0.25) is 5.02 Å². The molecule has 0 saturated carbocycles. The van der Waals surface area contributed by atoms with Crippen LogP contribution in [0.3, 0.4) is 0 Å². The van der Waals surface area contributed by atoms with Crippen LogP contribution in [0.15, 0.2) is 51.7 Å². The minimum absolute atomic E-state index is 0.0845. The summed E-state index contributed by atoms with van der Waals surface area (Å²) in [5.41, 5.74) is 1.06. The van der Waals surface area contributed by atoms with E-state index in [1.165, 1.54) is 23.9 Å². The van der Waals surface area contributed by atoms with Crippen molar-refractivity contribution in [3.63, 3.8) is 0 Å². The van der Waals surface area contributed by atoms with Crippen molar-refractivity contribution in [1.82, 2.24) is 5.32 Å². The first-order chi connectivity index (χ1) is 14.8. The van der Waals surface area contributed by atoms with Gasteiger partial charge < -0.3 is 19.9 Å². The molecule has 1 atom stereocenters. The summed E-state index contributed by atoms with van der Waals surface area (Å²) in [6, 6.07) is 11.2. The SMILES string of the molecule is Cc1c(CC(=O)N[C@@H](CSCc2ccccc2)C(=O)O)c(=O)oc2cc(O)c(Cl)cc12. The van der Waals surface area contributed by atoms with Crippen LogP contribution >= 0.6 is 23.4 Å². The molecule has 3 N–H and O–H groups in total. The van der Waals surface area contributed by atoms with E-state index in [-0.39, 0.29) is 34.1 Å². The summed E-state index contributed by atoms with van der Waals surface area (Å²) in [5.74, 6) is -1.19. The second kappa shape index (κ2) is 9.89. The zero-order valence-electron chi connectivity index (χ0n) is 16.6. The number of phenolic OH excluding ortho intramolecular Hbond substituents is 1. The summed E-state index contributed by atoms with van der Waals surface area (Å²) < 4.78 is 5.20. The van der Waals surface area contributed by atoms with Gasteiger partial charge in [-0.05, 0) is 24.1 Å². The Morgan fingerprint density at radius 1 is 1.23 bits per heavy atom. The third-order valence-corrected chi connectivity index (χ3v) is 6.13. The number of aromatic hydroxyl groups is 1. The lowest BCUT2D eigenvalue weighted by atomic mass is 10.0. The van der Waals surface area contributed by atoms with Gasteiger partial charge in [0.25, 0.3) is 0 Å². The summed E-state index contributed by atoms with van der Waals surface area (Å²) in [4.78, 5) is 36.4. The van der Waals surface area contributed by atoms with Gasteiger partial charge in [0.05, 0.1) is 17.0 Å². The average molecular weight is 462 g/mol. The molecule has 2 aromatic carbocycles. The second-order valence-electron chi connectivity index (χ2n) is 6.93. The van der Waals surface area contributed by atoms with Gasteiger partial charge in [-0.15, -0.1) is 0 Å². The largest absolute Gasteiger partial charge is 0.506 e. The highest BCUT2D eigenvalue weighted by atomic mass is 35.5. The molecule has 0 saturated heterocycles.